The Hall–Kier alpha value is -11.8. The minimum absolute atomic E-state index is 0. The Morgan fingerprint density at radius 1 is 0.481 bits per heavy atom. The number of benzene rings is 6. The summed E-state index contributed by atoms with van der Waals surface area (Å²) in [4.78, 5) is 25.4. The van der Waals surface area contributed by atoms with E-state index in [9.17, 15) is 28.5 Å². The van der Waals surface area contributed by atoms with E-state index in [1.807, 2.05) is 31.2 Å². The average molecular weight is 1420 g/mol. The minimum Gasteiger partial charge on any atom is -0.508 e. The van der Waals surface area contributed by atoms with E-state index in [1.54, 1.807) is 39.3 Å². The van der Waals surface area contributed by atoms with Crippen LogP contribution >= 0.6 is 0 Å². The number of aromatic hydroxyl groups is 3. The number of allylic oxidation sites excluding steroid dienone is 3. The highest BCUT2D eigenvalue weighted by Gasteiger charge is 2.27. The van der Waals surface area contributed by atoms with Gasteiger partial charge >= 0.3 is 0 Å². The zero-order chi connectivity index (χ0) is 72.7. The maximum Gasteiger partial charge on any atom is 0.229 e. The monoisotopic (exact) mass is 1420 g/mol. The number of rotatable bonds is 26. The van der Waals surface area contributed by atoms with Gasteiger partial charge in [0.05, 0.1) is 57.0 Å². The molecule has 6 aromatic carbocycles. The van der Waals surface area contributed by atoms with Crippen molar-refractivity contribution in [2.75, 3.05) is 108 Å². The molecule has 20 N–H and O–H groups in total. The van der Waals surface area contributed by atoms with E-state index in [1.165, 1.54) is 25.3 Å². The van der Waals surface area contributed by atoms with Crippen molar-refractivity contribution in [3.8, 4) is 40.2 Å². The van der Waals surface area contributed by atoms with Crippen molar-refractivity contribution in [2.24, 2.45) is 22.9 Å². The molecule has 1 saturated carbocycles. The lowest BCUT2D eigenvalue weighted by Gasteiger charge is -2.28. The van der Waals surface area contributed by atoms with Crippen LogP contribution in [0, 0.1) is 31.3 Å². The maximum absolute atomic E-state index is 14.8. The second-order valence-corrected chi connectivity index (χ2v) is 24.4. The number of nitrogens with two attached hydrogens (primary N) is 4. The summed E-state index contributed by atoms with van der Waals surface area (Å²) in [5.74, 6) is -0.363. The number of anilines is 15. The Kier molecular flexibility index (Phi) is 25.0. The first kappa shape index (κ1) is 74.9. The fraction of sp³-hybridized carbons (Fsp3) is 0.280. The van der Waals surface area contributed by atoms with E-state index in [4.69, 9.17) is 41.9 Å². The number of hydrogen-bond donors (Lipinski definition) is 16. The number of halogens is 3. The minimum atomic E-state index is -0.695. The molecule has 2 atom stereocenters. The number of ether oxygens (including phenoxy) is 4. The van der Waals surface area contributed by atoms with Crippen LogP contribution in [-0.2, 0) is 19.3 Å². The smallest absolute Gasteiger partial charge is 0.229 e. The average Bonchev–Trinajstić information content (AvgIpc) is 1.57. The molecular weight excluding hydrogens is 1340 g/mol. The van der Waals surface area contributed by atoms with Gasteiger partial charge in [-0.2, -0.15) is 15.0 Å². The lowest BCUT2D eigenvalue weighted by atomic mass is 9.93. The third-order valence-electron chi connectivity index (χ3n) is 17.3. The molecule has 0 amide bonds. The molecule has 0 bridgehead atoms. The van der Waals surface area contributed by atoms with Gasteiger partial charge in [-0.15, -0.1) is 0 Å². The number of fused-ring (bicyclic) bond motifs is 3. The van der Waals surface area contributed by atoms with Gasteiger partial charge in [-0.25, -0.2) is 28.1 Å². The number of hydrogen-bond acceptors (Lipinski definition) is 26. The normalized spacial score (nSPS) is 14.0. The number of aromatic nitrogens is 6. The molecule has 546 valence electrons. The van der Waals surface area contributed by atoms with Crippen LogP contribution in [0.3, 0.4) is 0 Å². The Balaban J connectivity index is 0.000000167. The van der Waals surface area contributed by atoms with Gasteiger partial charge in [-0.05, 0) is 165 Å². The lowest BCUT2D eigenvalue weighted by molar-refractivity contribution is 0.140. The van der Waals surface area contributed by atoms with Crippen molar-refractivity contribution in [1.82, 2.24) is 29.9 Å². The molecule has 1 fully saturated rings. The predicted octanol–water partition coefficient (Wildman–Crippen LogP) is 13.2. The summed E-state index contributed by atoms with van der Waals surface area (Å²) in [6, 6.07) is 21.5. The number of nitrogens with zero attached hydrogens (tertiary/aromatic N) is 6. The van der Waals surface area contributed by atoms with E-state index < -0.39 is 23.2 Å². The van der Waals surface area contributed by atoms with Gasteiger partial charge < -0.3 is 105 Å². The summed E-state index contributed by atoms with van der Waals surface area (Å²) in [6.07, 6.45) is 21.0. The molecule has 0 spiro atoms. The van der Waals surface area contributed by atoms with Gasteiger partial charge in [0.1, 0.15) is 29.1 Å². The molecule has 0 saturated heterocycles. The van der Waals surface area contributed by atoms with Crippen molar-refractivity contribution >= 4 is 105 Å². The number of phenolic OH excluding ortho intramolecular Hbond substituents is 3. The Labute approximate surface area is 601 Å². The standard InChI is InChI=1S/C27H32FN7O3.C24H27FN6O2.C23H25FN6O2.CH4/c28-20-14-32-27(34-22-13-17(31-10-9-29)11-15-3-1-6-19(15)22)35-26(20)33-21-7-8-23(36)24(37)25(21)38-18-5-2-4-16(30)12-18;1-14-21(32-2)8-7-19(22(14)33-3)29-23-18(25)13-28-24(31-23)30-20-12-16(27-10-9-26)11-15-5-4-6-17(15)20;1-13-20(31)7-6-18(21(13)32-2)28-22-17(24)12-27-23(30-22)29-19-11-15(26-9-8-25)10-14-4-3-5-16(14)19;/h1,3,7-8,11,13-14,16,18,31,36-37H,2,4-6,9-10,12,29-30H2,(H2,32,33,34,35);4-5,7-8,11-13,27H,6,9-10,26H2,1-3H3,(H2,28,29,30,31);3-4,6-7,10-12,26,31H,5,8-9,25H2,1-2H3,(H2,27,28,29,30);1H4/t16-,18?;;;/m0.../s1. The van der Waals surface area contributed by atoms with Crippen molar-refractivity contribution in [3.63, 3.8) is 0 Å². The molecule has 4 aliphatic rings. The van der Waals surface area contributed by atoms with E-state index in [-0.39, 0.29) is 77.8 Å². The first-order valence-corrected chi connectivity index (χ1v) is 33.5. The van der Waals surface area contributed by atoms with Crippen LogP contribution in [-0.4, -0.2) is 118 Å². The highest BCUT2D eigenvalue weighted by Crippen LogP contribution is 2.45. The highest BCUT2D eigenvalue weighted by atomic mass is 19.1. The van der Waals surface area contributed by atoms with Crippen LogP contribution in [0.1, 0.15) is 77.6 Å². The fourth-order valence-electron chi connectivity index (χ4n) is 12.2. The van der Waals surface area contributed by atoms with Crippen molar-refractivity contribution in [3.05, 3.63) is 172 Å². The van der Waals surface area contributed by atoms with Crippen LogP contribution in [0.4, 0.5) is 99.7 Å². The molecule has 0 aliphatic heterocycles. The molecule has 104 heavy (non-hydrogen) atoms. The Morgan fingerprint density at radius 3 is 1.27 bits per heavy atom. The lowest BCUT2D eigenvalue weighted by Crippen LogP contribution is -2.33. The molecule has 3 heterocycles. The van der Waals surface area contributed by atoms with Crippen LogP contribution in [0.5, 0.6) is 40.2 Å². The molecule has 26 nitrogen and oxygen atoms in total. The first-order valence-electron chi connectivity index (χ1n) is 33.5. The number of nitrogens with one attached hydrogen (secondary N) is 9. The molecule has 29 heteroatoms. The van der Waals surface area contributed by atoms with Crippen molar-refractivity contribution < 1.29 is 47.4 Å². The largest absolute Gasteiger partial charge is 0.508 e. The quantitative estimate of drug-likeness (QED) is 0.0177. The Morgan fingerprint density at radius 2 is 0.875 bits per heavy atom. The van der Waals surface area contributed by atoms with E-state index >= 15 is 0 Å². The fourth-order valence-corrected chi connectivity index (χ4v) is 12.2. The summed E-state index contributed by atoms with van der Waals surface area (Å²) in [6.45, 7) is 7.06. The SMILES string of the molecule is C.COc1c(Nc2nc(Nc3cc(NCCN)cc4c3CC=C4)ncc2F)ccc(O)c1C.COc1ccc(Nc2nc(Nc3cc(NCCN)cc4c3CC=C4)ncc2F)c(OC)c1C.NCCNc1cc2c(c(Nc3ncc(F)c(Nc4ccc(O)c(O)c4OC4CCC[C@H](N)C4)n3)c1)CC=C2. The first-order chi connectivity index (χ1) is 49.9. The second-order valence-electron chi connectivity index (χ2n) is 24.4. The van der Waals surface area contributed by atoms with Gasteiger partial charge in [0.15, 0.2) is 46.4 Å². The Bertz CT molecular complexity index is 4640. The van der Waals surface area contributed by atoms with Gasteiger partial charge in [-0.3, -0.25) is 0 Å². The maximum atomic E-state index is 14.8. The third-order valence-corrected chi connectivity index (χ3v) is 17.3. The zero-order valence-electron chi connectivity index (χ0n) is 57.6. The molecule has 1 unspecified atom stereocenters. The van der Waals surface area contributed by atoms with E-state index in [2.05, 4.69) is 126 Å². The van der Waals surface area contributed by atoms with Crippen molar-refractivity contribution in [1.29, 1.82) is 0 Å². The topological polar surface area (TPSA) is 387 Å². The summed E-state index contributed by atoms with van der Waals surface area (Å²) in [5, 5.41) is 58.9. The van der Waals surface area contributed by atoms with Crippen LogP contribution in [0.2, 0.25) is 0 Å². The predicted molar refractivity (Wildman–Crippen MR) is 407 cm³/mol. The summed E-state index contributed by atoms with van der Waals surface area (Å²) in [5.41, 5.74) is 37.4. The molecule has 9 aromatic rings. The summed E-state index contributed by atoms with van der Waals surface area (Å²) in [7, 11) is 4.62. The third kappa shape index (κ3) is 17.9. The summed E-state index contributed by atoms with van der Waals surface area (Å²) < 4.78 is 66.2. The zero-order valence-corrected chi connectivity index (χ0v) is 57.6. The molecule has 13 rings (SSSR count). The number of phenols is 3. The summed E-state index contributed by atoms with van der Waals surface area (Å²) >= 11 is 0. The highest BCUT2D eigenvalue weighted by molar-refractivity contribution is 5.81. The number of methoxy groups -OCH3 is 3. The van der Waals surface area contributed by atoms with Crippen LogP contribution in [0.15, 0.2) is 110 Å². The van der Waals surface area contributed by atoms with E-state index in [0.29, 0.717) is 79.9 Å². The van der Waals surface area contributed by atoms with Gasteiger partial charge in [-0.1, -0.05) is 43.9 Å². The van der Waals surface area contributed by atoms with Crippen LogP contribution < -0.4 is 89.7 Å². The molecule has 3 aromatic heterocycles. The molecular formula is C75H88F3N19O7. The van der Waals surface area contributed by atoms with Crippen molar-refractivity contribution in [2.45, 2.75) is 78.4 Å². The molecule has 0 radical (unpaired) electrons. The van der Waals surface area contributed by atoms with Crippen LogP contribution in [0.25, 0.3) is 18.2 Å². The van der Waals surface area contributed by atoms with E-state index in [0.717, 1.165) is 130 Å². The molecule has 4 aliphatic carbocycles. The van der Waals surface area contributed by atoms with Gasteiger partial charge in [0.2, 0.25) is 23.6 Å². The van der Waals surface area contributed by atoms with Gasteiger partial charge in [0, 0.05) is 90.6 Å². The van der Waals surface area contributed by atoms with Gasteiger partial charge in [0.25, 0.3) is 0 Å². The second kappa shape index (κ2) is 34.7.